The Morgan fingerprint density at radius 3 is 2.48 bits per heavy atom. The van der Waals surface area contributed by atoms with Crippen molar-refractivity contribution in [2.45, 2.75) is 6.54 Å². The highest BCUT2D eigenvalue weighted by Gasteiger charge is 2.17. The van der Waals surface area contributed by atoms with Gasteiger partial charge in [0, 0.05) is 5.56 Å². The molecule has 1 heterocycles. The molecule has 4 aromatic rings. The number of hydrogen-bond acceptors (Lipinski definition) is 3. The summed E-state index contributed by atoms with van der Waals surface area (Å²) in [7, 11) is 1.58. The van der Waals surface area contributed by atoms with Gasteiger partial charge >= 0.3 is 0 Å². The Hall–Kier alpha value is -3.47. The van der Waals surface area contributed by atoms with E-state index in [4.69, 9.17) is 4.74 Å². The van der Waals surface area contributed by atoms with Gasteiger partial charge in [0.2, 0.25) is 0 Å². The van der Waals surface area contributed by atoms with Crippen molar-refractivity contribution >= 4 is 10.9 Å². The first-order valence-electron chi connectivity index (χ1n) is 8.55. The molecule has 0 saturated heterocycles. The second-order valence-electron chi connectivity index (χ2n) is 6.14. The van der Waals surface area contributed by atoms with Gasteiger partial charge in [-0.05, 0) is 30.3 Å². The molecule has 0 aliphatic heterocycles. The highest BCUT2D eigenvalue weighted by Crippen LogP contribution is 2.24. The number of methoxy groups -OCH3 is 1. The minimum atomic E-state index is -0.423. The van der Waals surface area contributed by atoms with Crippen LogP contribution >= 0.6 is 0 Å². The summed E-state index contributed by atoms with van der Waals surface area (Å²) < 4.78 is 21.4. The topological polar surface area (TPSA) is 44.1 Å². The smallest absolute Gasteiger partial charge is 0.261 e. The van der Waals surface area contributed by atoms with E-state index in [0.717, 1.165) is 5.56 Å². The predicted molar refractivity (Wildman–Crippen MR) is 103 cm³/mol. The van der Waals surface area contributed by atoms with Gasteiger partial charge < -0.3 is 4.74 Å². The second-order valence-corrected chi connectivity index (χ2v) is 6.14. The first-order valence-corrected chi connectivity index (χ1v) is 8.55. The molecule has 4 nitrogen and oxygen atoms in total. The van der Waals surface area contributed by atoms with Crippen molar-refractivity contribution in [2.24, 2.45) is 0 Å². The van der Waals surface area contributed by atoms with Crippen LogP contribution in [0.15, 0.2) is 77.6 Å². The lowest BCUT2D eigenvalue weighted by molar-refractivity contribution is 0.408. The summed E-state index contributed by atoms with van der Waals surface area (Å²) >= 11 is 0. The van der Waals surface area contributed by atoms with Crippen molar-refractivity contribution < 1.29 is 9.13 Å². The van der Waals surface area contributed by atoms with Crippen molar-refractivity contribution in [1.29, 1.82) is 0 Å². The number of aromatic nitrogens is 2. The second kappa shape index (κ2) is 7.03. The highest BCUT2D eigenvalue weighted by molar-refractivity contribution is 5.79. The standard InChI is InChI=1S/C22H17FN2O2/c1-27-20-13-7-2-8-15(20)14-25-21(16-9-3-5-11-18(16)23)24-19-12-6-4-10-17(19)22(25)26/h2-13H,14H2,1H3. The van der Waals surface area contributed by atoms with E-state index >= 15 is 0 Å². The normalized spacial score (nSPS) is 10.9. The Morgan fingerprint density at radius 1 is 0.963 bits per heavy atom. The van der Waals surface area contributed by atoms with Gasteiger partial charge in [-0.15, -0.1) is 0 Å². The van der Waals surface area contributed by atoms with Crippen molar-refractivity contribution in [3.63, 3.8) is 0 Å². The van der Waals surface area contributed by atoms with E-state index in [1.807, 2.05) is 30.3 Å². The minimum Gasteiger partial charge on any atom is -0.496 e. The van der Waals surface area contributed by atoms with Crippen LogP contribution in [-0.2, 0) is 6.54 Å². The molecule has 0 saturated carbocycles. The molecular formula is C22H17FN2O2. The summed E-state index contributed by atoms with van der Waals surface area (Å²) in [5, 5.41) is 0.493. The maximum absolute atomic E-state index is 14.5. The molecule has 0 fully saturated rings. The number of para-hydroxylation sites is 2. The summed E-state index contributed by atoms with van der Waals surface area (Å²) in [6, 6.07) is 20.9. The zero-order valence-electron chi connectivity index (χ0n) is 14.7. The zero-order chi connectivity index (χ0) is 18.8. The van der Waals surface area contributed by atoms with E-state index in [1.54, 1.807) is 43.5 Å². The number of nitrogens with zero attached hydrogens (tertiary/aromatic N) is 2. The lowest BCUT2D eigenvalue weighted by Crippen LogP contribution is -2.24. The Labute approximate surface area is 155 Å². The van der Waals surface area contributed by atoms with Gasteiger partial charge in [-0.25, -0.2) is 9.37 Å². The van der Waals surface area contributed by atoms with Crippen molar-refractivity contribution in [1.82, 2.24) is 9.55 Å². The van der Waals surface area contributed by atoms with Crippen LogP contribution in [0.3, 0.4) is 0 Å². The SMILES string of the molecule is COc1ccccc1Cn1c(-c2ccccc2F)nc2ccccc2c1=O. The molecule has 0 unspecified atom stereocenters. The number of fused-ring (bicyclic) bond motifs is 1. The fourth-order valence-electron chi connectivity index (χ4n) is 3.17. The van der Waals surface area contributed by atoms with Crippen LogP contribution in [0.2, 0.25) is 0 Å². The van der Waals surface area contributed by atoms with Gasteiger partial charge in [0.25, 0.3) is 5.56 Å². The average Bonchev–Trinajstić information content (AvgIpc) is 2.71. The molecule has 4 rings (SSSR count). The fourth-order valence-corrected chi connectivity index (χ4v) is 3.17. The number of rotatable bonds is 4. The predicted octanol–water partition coefficient (Wildman–Crippen LogP) is 4.26. The Balaban J connectivity index is 2.00. The summed E-state index contributed by atoms with van der Waals surface area (Å²) in [6.07, 6.45) is 0. The van der Waals surface area contributed by atoms with Crippen LogP contribution in [0.4, 0.5) is 4.39 Å². The summed E-state index contributed by atoms with van der Waals surface area (Å²) in [6.45, 7) is 0.227. The molecule has 0 radical (unpaired) electrons. The molecule has 0 bridgehead atoms. The van der Waals surface area contributed by atoms with E-state index in [1.165, 1.54) is 10.6 Å². The Bertz CT molecular complexity index is 1180. The molecule has 134 valence electrons. The van der Waals surface area contributed by atoms with E-state index in [2.05, 4.69) is 4.98 Å². The Morgan fingerprint density at radius 2 is 1.67 bits per heavy atom. The number of hydrogen-bond donors (Lipinski definition) is 0. The maximum Gasteiger partial charge on any atom is 0.261 e. The summed E-state index contributed by atoms with van der Waals surface area (Å²) in [4.78, 5) is 17.8. The largest absolute Gasteiger partial charge is 0.496 e. The zero-order valence-corrected chi connectivity index (χ0v) is 14.7. The third-order valence-electron chi connectivity index (χ3n) is 4.50. The molecule has 1 aromatic heterocycles. The van der Waals surface area contributed by atoms with Gasteiger partial charge in [-0.1, -0.05) is 42.5 Å². The summed E-state index contributed by atoms with van der Waals surface area (Å²) in [5.74, 6) is 0.535. The number of halogens is 1. The fraction of sp³-hybridized carbons (Fsp3) is 0.0909. The molecular weight excluding hydrogens is 343 g/mol. The maximum atomic E-state index is 14.5. The van der Waals surface area contributed by atoms with Crippen molar-refractivity contribution in [3.8, 4) is 17.1 Å². The third-order valence-corrected chi connectivity index (χ3v) is 4.50. The molecule has 0 spiro atoms. The lowest BCUT2D eigenvalue weighted by atomic mass is 10.1. The number of ether oxygens (including phenoxy) is 1. The molecule has 0 N–H and O–H groups in total. The lowest BCUT2D eigenvalue weighted by Gasteiger charge is -2.16. The first-order chi connectivity index (χ1) is 13.2. The van der Waals surface area contributed by atoms with E-state index in [9.17, 15) is 9.18 Å². The average molecular weight is 360 g/mol. The molecule has 0 aliphatic rings. The third kappa shape index (κ3) is 3.08. The van der Waals surface area contributed by atoms with E-state index < -0.39 is 5.82 Å². The van der Waals surface area contributed by atoms with Crippen LogP contribution in [0.25, 0.3) is 22.3 Å². The highest BCUT2D eigenvalue weighted by atomic mass is 19.1. The molecule has 0 atom stereocenters. The van der Waals surface area contributed by atoms with Crippen LogP contribution in [0.1, 0.15) is 5.56 Å². The molecule has 27 heavy (non-hydrogen) atoms. The van der Waals surface area contributed by atoms with E-state index in [-0.39, 0.29) is 17.7 Å². The van der Waals surface area contributed by atoms with Crippen LogP contribution in [-0.4, -0.2) is 16.7 Å². The van der Waals surface area contributed by atoms with Crippen molar-refractivity contribution in [3.05, 3.63) is 94.5 Å². The van der Waals surface area contributed by atoms with Gasteiger partial charge in [0.15, 0.2) is 0 Å². The number of benzene rings is 3. The van der Waals surface area contributed by atoms with E-state index in [0.29, 0.717) is 22.5 Å². The quantitative estimate of drug-likeness (QED) is 0.546. The van der Waals surface area contributed by atoms with Gasteiger partial charge in [-0.2, -0.15) is 0 Å². The minimum absolute atomic E-state index is 0.218. The van der Waals surface area contributed by atoms with Crippen LogP contribution < -0.4 is 10.3 Å². The van der Waals surface area contributed by atoms with Crippen molar-refractivity contribution in [2.75, 3.05) is 7.11 Å². The van der Waals surface area contributed by atoms with Gasteiger partial charge in [0.1, 0.15) is 17.4 Å². The molecule has 0 amide bonds. The molecule has 0 aliphatic carbocycles. The van der Waals surface area contributed by atoms with Gasteiger partial charge in [0.05, 0.1) is 30.1 Å². The van der Waals surface area contributed by atoms with Crippen LogP contribution in [0.5, 0.6) is 5.75 Å². The summed E-state index contributed by atoms with van der Waals surface area (Å²) in [5.41, 5.74) is 1.42. The van der Waals surface area contributed by atoms with Crippen LogP contribution in [0, 0.1) is 5.82 Å². The van der Waals surface area contributed by atoms with Gasteiger partial charge in [-0.3, -0.25) is 9.36 Å². The first kappa shape index (κ1) is 17.0. The monoisotopic (exact) mass is 360 g/mol. The molecule has 3 aromatic carbocycles. The molecule has 5 heteroatoms. The Kier molecular flexibility index (Phi) is 4.42.